The van der Waals surface area contributed by atoms with Gasteiger partial charge in [-0.15, -0.1) is 0 Å². The first-order chi connectivity index (χ1) is 5.87. The van der Waals surface area contributed by atoms with E-state index in [0.29, 0.717) is 5.41 Å². The summed E-state index contributed by atoms with van der Waals surface area (Å²) in [4.78, 5) is 0. The fourth-order valence-electron chi connectivity index (χ4n) is 2.57. The van der Waals surface area contributed by atoms with Crippen molar-refractivity contribution in [3.63, 3.8) is 0 Å². The highest BCUT2D eigenvalue weighted by Gasteiger charge is 2.67. The molecule has 2 rings (SSSR count). The van der Waals surface area contributed by atoms with E-state index in [2.05, 4.69) is 33.0 Å². The summed E-state index contributed by atoms with van der Waals surface area (Å²) < 4.78 is 5.91. The van der Waals surface area contributed by atoms with Crippen LogP contribution >= 0.6 is 0 Å². The highest BCUT2D eigenvalue weighted by atomic mass is 16.5. The third-order valence-electron chi connectivity index (χ3n) is 3.29. The van der Waals surface area contributed by atoms with E-state index < -0.39 is 0 Å². The van der Waals surface area contributed by atoms with Gasteiger partial charge in [-0.3, -0.25) is 5.32 Å². The van der Waals surface area contributed by atoms with Crippen molar-refractivity contribution in [2.75, 3.05) is 6.61 Å². The molecule has 0 radical (unpaired) electrons. The van der Waals surface area contributed by atoms with Crippen LogP contribution < -0.4 is 5.32 Å². The van der Waals surface area contributed by atoms with Crippen molar-refractivity contribution < 1.29 is 4.74 Å². The van der Waals surface area contributed by atoms with Gasteiger partial charge in [-0.2, -0.15) is 0 Å². The second-order valence-corrected chi connectivity index (χ2v) is 5.89. The lowest BCUT2D eigenvalue weighted by atomic mass is 9.97. The molecule has 1 aliphatic carbocycles. The predicted octanol–water partition coefficient (Wildman–Crippen LogP) is 2.29. The second-order valence-electron chi connectivity index (χ2n) is 5.89. The summed E-state index contributed by atoms with van der Waals surface area (Å²) in [6.07, 6.45) is 3.73. The summed E-state index contributed by atoms with van der Waals surface area (Å²) >= 11 is 0. The van der Waals surface area contributed by atoms with Crippen LogP contribution in [0.25, 0.3) is 0 Å². The van der Waals surface area contributed by atoms with Crippen molar-refractivity contribution >= 4 is 0 Å². The molecule has 0 unspecified atom stereocenters. The Labute approximate surface area is 81.0 Å². The first-order valence-electron chi connectivity index (χ1n) is 5.30. The van der Waals surface area contributed by atoms with E-state index in [1.54, 1.807) is 0 Å². The minimum Gasteiger partial charge on any atom is -0.360 e. The first-order valence-corrected chi connectivity index (χ1v) is 5.30. The van der Waals surface area contributed by atoms with Crippen molar-refractivity contribution in [1.82, 2.24) is 5.32 Å². The van der Waals surface area contributed by atoms with Crippen LogP contribution in [0.1, 0.15) is 47.0 Å². The number of hydrogen-bond acceptors (Lipinski definition) is 2. The summed E-state index contributed by atoms with van der Waals surface area (Å²) in [5.41, 5.74) is 0.594. The number of rotatable bonds is 1. The number of nitrogens with one attached hydrogen (secondary N) is 1. The van der Waals surface area contributed by atoms with Crippen LogP contribution in [0.2, 0.25) is 0 Å². The molecule has 2 fully saturated rings. The molecular weight excluding hydrogens is 162 g/mol. The Kier molecular flexibility index (Phi) is 1.81. The van der Waals surface area contributed by atoms with Crippen LogP contribution in [-0.2, 0) is 4.74 Å². The molecule has 2 aliphatic rings. The molecule has 1 saturated heterocycles. The van der Waals surface area contributed by atoms with E-state index in [-0.39, 0.29) is 11.3 Å². The molecule has 76 valence electrons. The molecule has 0 aromatic carbocycles. The molecule has 2 nitrogen and oxygen atoms in total. The molecule has 1 heterocycles. The van der Waals surface area contributed by atoms with Crippen molar-refractivity contribution in [1.29, 1.82) is 0 Å². The van der Waals surface area contributed by atoms with Gasteiger partial charge in [0.2, 0.25) is 0 Å². The Balaban J connectivity index is 2.06. The van der Waals surface area contributed by atoms with E-state index in [1.165, 1.54) is 19.3 Å². The zero-order chi connectivity index (χ0) is 9.74. The standard InChI is InChI=1S/C11H21NO/c1-9(2,3)12-11-8-10(11,4)6-5-7-13-11/h12H,5-8H2,1-4H3/t10-,11+/m1/s1. The maximum Gasteiger partial charge on any atom is 0.125 e. The summed E-state index contributed by atoms with van der Waals surface area (Å²) in [5.74, 6) is 0. The van der Waals surface area contributed by atoms with Gasteiger partial charge in [-0.1, -0.05) is 6.92 Å². The smallest absolute Gasteiger partial charge is 0.125 e. The zero-order valence-electron chi connectivity index (χ0n) is 9.24. The van der Waals surface area contributed by atoms with E-state index in [1.807, 2.05) is 0 Å². The topological polar surface area (TPSA) is 21.3 Å². The van der Waals surface area contributed by atoms with Crippen LogP contribution in [0.4, 0.5) is 0 Å². The Morgan fingerprint density at radius 3 is 2.54 bits per heavy atom. The van der Waals surface area contributed by atoms with Crippen molar-refractivity contribution in [2.45, 2.75) is 58.2 Å². The molecule has 2 atom stereocenters. The second kappa shape index (κ2) is 2.48. The summed E-state index contributed by atoms with van der Waals surface area (Å²) in [6, 6.07) is 0. The summed E-state index contributed by atoms with van der Waals surface area (Å²) in [6.45, 7) is 9.89. The van der Waals surface area contributed by atoms with Gasteiger partial charge in [0.05, 0.1) is 0 Å². The molecule has 0 bridgehead atoms. The van der Waals surface area contributed by atoms with Gasteiger partial charge < -0.3 is 4.74 Å². The Morgan fingerprint density at radius 2 is 2.00 bits per heavy atom. The Morgan fingerprint density at radius 1 is 1.31 bits per heavy atom. The summed E-state index contributed by atoms with van der Waals surface area (Å²) in [7, 11) is 0. The van der Waals surface area contributed by atoms with Crippen molar-refractivity contribution in [2.24, 2.45) is 5.41 Å². The maximum absolute atomic E-state index is 5.91. The molecule has 1 saturated carbocycles. The minimum absolute atomic E-state index is 0.0174. The van der Waals surface area contributed by atoms with Gasteiger partial charge in [-0.25, -0.2) is 0 Å². The van der Waals surface area contributed by atoms with E-state index in [0.717, 1.165) is 6.61 Å². The van der Waals surface area contributed by atoms with E-state index in [4.69, 9.17) is 4.74 Å². The lowest BCUT2D eigenvalue weighted by Crippen LogP contribution is -2.51. The van der Waals surface area contributed by atoms with Crippen LogP contribution in [0.15, 0.2) is 0 Å². The fourth-order valence-corrected chi connectivity index (χ4v) is 2.57. The number of fused-ring (bicyclic) bond motifs is 1. The van der Waals surface area contributed by atoms with Gasteiger partial charge in [0.15, 0.2) is 0 Å². The van der Waals surface area contributed by atoms with Crippen LogP contribution in [-0.4, -0.2) is 17.9 Å². The SMILES string of the molecule is CC(C)(C)N[C@]12C[C@@]1(C)CCCO2. The van der Waals surface area contributed by atoms with Gasteiger partial charge in [0, 0.05) is 17.6 Å². The lowest BCUT2D eigenvalue weighted by molar-refractivity contribution is -0.0636. The fraction of sp³-hybridized carbons (Fsp3) is 1.00. The van der Waals surface area contributed by atoms with Gasteiger partial charge >= 0.3 is 0 Å². The summed E-state index contributed by atoms with van der Waals surface area (Å²) in [5, 5.41) is 3.63. The monoisotopic (exact) mass is 183 g/mol. The molecule has 1 aliphatic heterocycles. The molecule has 1 N–H and O–H groups in total. The minimum atomic E-state index is 0.0174. The third kappa shape index (κ3) is 1.50. The van der Waals surface area contributed by atoms with E-state index >= 15 is 0 Å². The number of hydrogen-bond donors (Lipinski definition) is 1. The Hall–Kier alpha value is -0.0800. The zero-order valence-corrected chi connectivity index (χ0v) is 9.24. The molecule has 2 heteroatoms. The molecule has 0 spiro atoms. The first kappa shape index (κ1) is 9.47. The molecule has 0 aromatic rings. The largest absolute Gasteiger partial charge is 0.360 e. The average molecular weight is 183 g/mol. The van der Waals surface area contributed by atoms with Crippen molar-refractivity contribution in [3.05, 3.63) is 0 Å². The molecular formula is C11H21NO. The van der Waals surface area contributed by atoms with Gasteiger partial charge in [-0.05, 0) is 40.0 Å². The molecule has 0 amide bonds. The average Bonchev–Trinajstić information content (AvgIpc) is 2.50. The molecule has 0 aromatic heterocycles. The third-order valence-corrected chi connectivity index (χ3v) is 3.29. The quantitative estimate of drug-likeness (QED) is 0.673. The van der Waals surface area contributed by atoms with Gasteiger partial charge in [0.1, 0.15) is 5.72 Å². The maximum atomic E-state index is 5.91. The van der Waals surface area contributed by atoms with Gasteiger partial charge in [0.25, 0.3) is 0 Å². The predicted molar refractivity (Wildman–Crippen MR) is 53.5 cm³/mol. The van der Waals surface area contributed by atoms with E-state index in [9.17, 15) is 0 Å². The number of ether oxygens (including phenoxy) is 1. The molecule has 13 heavy (non-hydrogen) atoms. The highest BCUT2D eigenvalue weighted by molar-refractivity contribution is 5.16. The highest BCUT2D eigenvalue weighted by Crippen LogP contribution is 2.62. The van der Waals surface area contributed by atoms with Crippen LogP contribution in [0.3, 0.4) is 0 Å². The van der Waals surface area contributed by atoms with Crippen LogP contribution in [0, 0.1) is 5.41 Å². The van der Waals surface area contributed by atoms with Crippen molar-refractivity contribution in [3.8, 4) is 0 Å². The van der Waals surface area contributed by atoms with Crippen LogP contribution in [0.5, 0.6) is 0 Å². The lowest BCUT2D eigenvalue weighted by Gasteiger charge is -2.35. The Bertz CT molecular complexity index is 217. The normalized spacial score (nSPS) is 44.3.